The molecule has 0 saturated carbocycles. The summed E-state index contributed by atoms with van der Waals surface area (Å²) in [7, 11) is 0. The molecular weight excluding hydrogens is 270 g/mol. The monoisotopic (exact) mass is 291 g/mol. The van der Waals surface area contributed by atoms with Crippen molar-refractivity contribution in [2.75, 3.05) is 13.1 Å². The van der Waals surface area contributed by atoms with Gasteiger partial charge in [0.05, 0.1) is 0 Å². The summed E-state index contributed by atoms with van der Waals surface area (Å²) >= 11 is 0. The van der Waals surface area contributed by atoms with Crippen molar-refractivity contribution in [3.8, 4) is 0 Å². The van der Waals surface area contributed by atoms with Gasteiger partial charge in [-0.3, -0.25) is 0 Å². The molecule has 2 aliphatic rings. The number of hydrogen-bond acceptors (Lipinski definition) is 3. The third-order valence-electron chi connectivity index (χ3n) is 4.42. The Morgan fingerprint density at radius 2 is 1.71 bits per heavy atom. The van der Waals surface area contributed by atoms with Crippen LogP contribution in [-0.4, -0.2) is 46.2 Å². The van der Waals surface area contributed by atoms with Crippen LogP contribution in [0.25, 0.3) is 0 Å². The van der Waals surface area contributed by atoms with Gasteiger partial charge in [0, 0.05) is 6.04 Å². The molecule has 1 aromatic rings. The van der Waals surface area contributed by atoms with E-state index >= 15 is 0 Å². The smallest absolute Gasteiger partial charge is 0.414 e. The third-order valence-corrected chi connectivity index (χ3v) is 4.42. The van der Waals surface area contributed by atoms with Gasteiger partial charge in [-0.1, -0.05) is 31.2 Å². The number of nitrogens with zero attached hydrogens (tertiary/aromatic N) is 1. The first-order chi connectivity index (χ1) is 10.0. The first kappa shape index (κ1) is 15.5. The topological polar surface area (TPSA) is 77.8 Å². The van der Waals surface area contributed by atoms with E-state index in [1.54, 1.807) is 11.1 Å². The molecule has 5 heteroatoms. The van der Waals surface area contributed by atoms with Crippen LogP contribution in [0.1, 0.15) is 24.5 Å². The number of hydrogen-bond donors (Lipinski definition) is 2. The van der Waals surface area contributed by atoms with Crippen molar-refractivity contribution in [1.29, 1.82) is 0 Å². The van der Waals surface area contributed by atoms with Crippen LogP contribution >= 0.6 is 0 Å². The molecule has 0 bridgehead atoms. The molecule has 1 aliphatic carbocycles. The van der Waals surface area contributed by atoms with Crippen molar-refractivity contribution in [2.45, 2.75) is 32.2 Å². The Kier molecular flexibility index (Phi) is 4.96. The minimum absolute atomic E-state index is 0.838. The molecule has 1 aromatic carbocycles. The molecule has 21 heavy (non-hydrogen) atoms. The van der Waals surface area contributed by atoms with Crippen LogP contribution in [0.5, 0.6) is 0 Å². The third kappa shape index (κ3) is 3.61. The fourth-order valence-electron chi connectivity index (χ4n) is 3.38. The molecule has 2 unspecified atom stereocenters. The number of fused-ring (bicyclic) bond motifs is 2. The van der Waals surface area contributed by atoms with Gasteiger partial charge in [0.15, 0.2) is 0 Å². The Bertz CT molecular complexity index is 517. The van der Waals surface area contributed by atoms with E-state index in [2.05, 4.69) is 36.1 Å². The number of carbonyl (C=O) groups is 2. The van der Waals surface area contributed by atoms with Crippen LogP contribution in [0.2, 0.25) is 0 Å². The molecule has 0 amide bonds. The van der Waals surface area contributed by atoms with Gasteiger partial charge >= 0.3 is 11.9 Å². The largest absolute Gasteiger partial charge is 0.473 e. The number of carboxylic acid groups (broad SMARTS) is 2. The summed E-state index contributed by atoms with van der Waals surface area (Å²) in [6, 6.07) is 9.85. The second-order valence-electron chi connectivity index (χ2n) is 5.53. The molecule has 3 rings (SSSR count). The average Bonchev–Trinajstić information content (AvgIpc) is 2.87. The Morgan fingerprint density at radius 1 is 1.14 bits per heavy atom. The SMILES string of the molecule is CCN1CCC2Cc3ccccc3CC21.O=C(O)C(=O)O. The summed E-state index contributed by atoms with van der Waals surface area (Å²) in [4.78, 5) is 20.9. The minimum Gasteiger partial charge on any atom is -0.473 e. The van der Waals surface area contributed by atoms with E-state index in [1.807, 2.05) is 0 Å². The van der Waals surface area contributed by atoms with Crippen LogP contribution in [0.3, 0.4) is 0 Å². The van der Waals surface area contributed by atoms with E-state index < -0.39 is 11.9 Å². The first-order valence-corrected chi connectivity index (χ1v) is 7.30. The number of aliphatic carboxylic acids is 2. The zero-order valence-electron chi connectivity index (χ0n) is 12.2. The van der Waals surface area contributed by atoms with Gasteiger partial charge in [0.1, 0.15) is 0 Å². The normalized spacial score (nSPS) is 23.5. The highest BCUT2D eigenvalue weighted by molar-refractivity contribution is 6.27. The molecule has 2 atom stereocenters. The molecule has 0 radical (unpaired) electrons. The average molecular weight is 291 g/mol. The highest BCUT2D eigenvalue weighted by atomic mass is 16.4. The Hall–Kier alpha value is -1.88. The zero-order chi connectivity index (χ0) is 15.4. The van der Waals surface area contributed by atoms with Gasteiger partial charge < -0.3 is 15.1 Å². The van der Waals surface area contributed by atoms with Crippen molar-refractivity contribution in [3.05, 3.63) is 35.4 Å². The molecule has 0 spiro atoms. The molecular formula is C16H21NO4. The van der Waals surface area contributed by atoms with E-state index in [9.17, 15) is 0 Å². The van der Waals surface area contributed by atoms with E-state index in [1.165, 1.54) is 32.4 Å². The maximum atomic E-state index is 9.10. The van der Waals surface area contributed by atoms with Crippen molar-refractivity contribution < 1.29 is 19.8 Å². The Balaban J connectivity index is 0.000000232. The van der Waals surface area contributed by atoms with Gasteiger partial charge in [0.2, 0.25) is 0 Å². The number of benzene rings is 1. The van der Waals surface area contributed by atoms with E-state index in [0.29, 0.717) is 0 Å². The lowest BCUT2D eigenvalue weighted by molar-refractivity contribution is -0.159. The highest BCUT2D eigenvalue weighted by Crippen LogP contribution is 2.35. The summed E-state index contributed by atoms with van der Waals surface area (Å²) in [5.41, 5.74) is 3.20. The molecule has 5 nitrogen and oxygen atoms in total. The minimum atomic E-state index is -1.82. The zero-order valence-corrected chi connectivity index (χ0v) is 12.2. The van der Waals surface area contributed by atoms with Crippen molar-refractivity contribution in [1.82, 2.24) is 4.90 Å². The lowest BCUT2D eigenvalue weighted by Crippen LogP contribution is -2.37. The van der Waals surface area contributed by atoms with Gasteiger partial charge in [-0.25, -0.2) is 9.59 Å². The second kappa shape index (κ2) is 6.72. The van der Waals surface area contributed by atoms with E-state index in [4.69, 9.17) is 19.8 Å². The predicted octanol–water partition coefficient (Wildman–Crippen LogP) is 1.65. The molecule has 1 aliphatic heterocycles. The lowest BCUT2D eigenvalue weighted by atomic mass is 9.80. The van der Waals surface area contributed by atoms with Crippen LogP contribution in [0.4, 0.5) is 0 Å². The van der Waals surface area contributed by atoms with Gasteiger partial charge in [-0.2, -0.15) is 0 Å². The second-order valence-corrected chi connectivity index (χ2v) is 5.53. The standard InChI is InChI=1S/C14H19N.C2H2O4/c1-2-15-8-7-13-9-11-5-3-4-6-12(11)10-14(13)15;3-1(4)2(5)6/h3-6,13-14H,2,7-10H2,1H3;(H,3,4)(H,5,6). The van der Waals surface area contributed by atoms with Crippen molar-refractivity contribution in [2.24, 2.45) is 5.92 Å². The van der Waals surface area contributed by atoms with Gasteiger partial charge in [-0.15, -0.1) is 0 Å². The maximum Gasteiger partial charge on any atom is 0.414 e. The predicted molar refractivity (Wildman–Crippen MR) is 78.3 cm³/mol. The first-order valence-electron chi connectivity index (χ1n) is 7.30. The van der Waals surface area contributed by atoms with Crippen molar-refractivity contribution in [3.63, 3.8) is 0 Å². The highest BCUT2D eigenvalue weighted by Gasteiger charge is 2.36. The molecule has 1 heterocycles. The number of rotatable bonds is 1. The summed E-state index contributed by atoms with van der Waals surface area (Å²) in [5, 5.41) is 14.8. The number of carboxylic acids is 2. The summed E-state index contributed by atoms with van der Waals surface area (Å²) in [5.74, 6) is -2.72. The fourth-order valence-corrected chi connectivity index (χ4v) is 3.38. The quantitative estimate of drug-likeness (QED) is 0.769. The molecule has 0 aromatic heterocycles. The van der Waals surface area contributed by atoms with Crippen molar-refractivity contribution >= 4 is 11.9 Å². The summed E-state index contributed by atoms with van der Waals surface area (Å²) < 4.78 is 0. The van der Waals surface area contributed by atoms with Crippen LogP contribution in [-0.2, 0) is 22.4 Å². The van der Waals surface area contributed by atoms with E-state index in [0.717, 1.165) is 12.0 Å². The van der Waals surface area contributed by atoms with Crippen LogP contribution in [0, 0.1) is 5.92 Å². The molecule has 1 saturated heterocycles. The lowest BCUT2D eigenvalue weighted by Gasteiger charge is -2.32. The van der Waals surface area contributed by atoms with Gasteiger partial charge in [0.25, 0.3) is 0 Å². The molecule has 2 N–H and O–H groups in total. The summed E-state index contributed by atoms with van der Waals surface area (Å²) in [6.45, 7) is 4.84. The van der Waals surface area contributed by atoms with Gasteiger partial charge in [-0.05, 0) is 49.4 Å². The summed E-state index contributed by atoms with van der Waals surface area (Å²) in [6.07, 6.45) is 4.01. The number of likely N-dealkylation sites (N-methyl/N-ethyl adjacent to an activating group) is 1. The Labute approximate surface area is 124 Å². The Morgan fingerprint density at radius 3 is 2.24 bits per heavy atom. The maximum absolute atomic E-state index is 9.10. The molecule has 1 fully saturated rings. The number of likely N-dealkylation sites (tertiary alicyclic amines) is 1. The van der Waals surface area contributed by atoms with Crippen LogP contribution in [0.15, 0.2) is 24.3 Å². The fraction of sp³-hybridized carbons (Fsp3) is 0.500. The molecule has 114 valence electrons. The van der Waals surface area contributed by atoms with Crippen LogP contribution < -0.4 is 0 Å². The van der Waals surface area contributed by atoms with E-state index in [-0.39, 0.29) is 0 Å².